The third kappa shape index (κ3) is 11.1. The Morgan fingerprint density at radius 1 is 0.621 bits per heavy atom. The highest BCUT2D eigenvalue weighted by Crippen LogP contribution is 2.21. The van der Waals surface area contributed by atoms with Crippen LogP contribution < -0.4 is 4.74 Å². The zero-order valence-electron chi connectivity index (χ0n) is 18.6. The molecule has 0 spiro atoms. The van der Waals surface area contributed by atoms with Crippen LogP contribution in [0.3, 0.4) is 0 Å². The van der Waals surface area contributed by atoms with Gasteiger partial charge in [-0.3, -0.25) is 4.98 Å². The van der Waals surface area contributed by atoms with Crippen molar-refractivity contribution in [3.05, 3.63) is 48.8 Å². The molecule has 0 amide bonds. The minimum Gasteiger partial charge on any atom is -0.494 e. The molecule has 0 aliphatic rings. The molecule has 0 radical (unpaired) electrons. The molecule has 1 heterocycles. The van der Waals surface area contributed by atoms with Gasteiger partial charge in [0.25, 0.3) is 0 Å². The highest BCUT2D eigenvalue weighted by molar-refractivity contribution is 5.62. The molecule has 0 fully saturated rings. The predicted octanol–water partition coefficient (Wildman–Crippen LogP) is 8.61. The maximum Gasteiger partial charge on any atom is 0.119 e. The van der Waals surface area contributed by atoms with E-state index in [1.54, 1.807) is 6.20 Å². The number of hydrogen-bond acceptors (Lipinski definition) is 2. The van der Waals surface area contributed by atoms with Crippen LogP contribution in [0.5, 0.6) is 5.75 Å². The molecule has 29 heavy (non-hydrogen) atoms. The lowest BCUT2D eigenvalue weighted by Crippen LogP contribution is -1.97. The van der Waals surface area contributed by atoms with Gasteiger partial charge in [0.15, 0.2) is 0 Å². The van der Waals surface area contributed by atoms with Crippen molar-refractivity contribution in [2.75, 3.05) is 6.61 Å². The van der Waals surface area contributed by atoms with E-state index >= 15 is 0 Å². The first-order chi connectivity index (χ1) is 14.4. The van der Waals surface area contributed by atoms with Crippen molar-refractivity contribution >= 4 is 0 Å². The molecule has 1 aromatic carbocycles. The van der Waals surface area contributed by atoms with Crippen molar-refractivity contribution in [1.82, 2.24) is 4.98 Å². The summed E-state index contributed by atoms with van der Waals surface area (Å²) in [6, 6.07) is 12.4. The molecular weight excluding hydrogens is 354 g/mol. The zero-order valence-corrected chi connectivity index (χ0v) is 18.6. The summed E-state index contributed by atoms with van der Waals surface area (Å²) in [5.41, 5.74) is 2.33. The third-order valence-corrected chi connectivity index (χ3v) is 5.62. The molecule has 0 bridgehead atoms. The molecule has 0 atom stereocenters. The van der Waals surface area contributed by atoms with Crippen molar-refractivity contribution in [3.63, 3.8) is 0 Å². The summed E-state index contributed by atoms with van der Waals surface area (Å²) in [7, 11) is 0. The zero-order chi connectivity index (χ0) is 20.4. The second kappa shape index (κ2) is 16.0. The molecule has 0 aliphatic carbocycles. The molecule has 0 N–H and O–H groups in total. The lowest BCUT2D eigenvalue weighted by molar-refractivity contribution is 0.304. The van der Waals surface area contributed by atoms with E-state index in [1.165, 1.54) is 89.0 Å². The molecule has 0 saturated carbocycles. The fourth-order valence-corrected chi connectivity index (χ4v) is 3.76. The van der Waals surface area contributed by atoms with Crippen LogP contribution in [0.1, 0.15) is 96.8 Å². The van der Waals surface area contributed by atoms with Crippen LogP contribution in [0, 0.1) is 0 Å². The van der Waals surface area contributed by atoms with Crippen molar-refractivity contribution in [3.8, 4) is 16.9 Å². The summed E-state index contributed by atoms with van der Waals surface area (Å²) in [6.07, 6.45) is 23.1. The Hall–Kier alpha value is -1.83. The van der Waals surface area contributed by atoms with Gasteiger partial charge in [-0.1, -0.05) is 109 Å². The smallest absolute Gasteiger partial charge is 0.119 e. The van der Waals surface area contributed by atoms with Gasteiger partial charge in [0.2, 0.25) is 0 Å². The maximum atomic E-state index is 5.89. The van der Waals surface area contributed by atoms with E-state index in [1.807, 2.05) is 12.3 Å². The normalized spacial score (nSPS) is 10.9. The van der Waals surface area contributed by atoms with Crippen molar-refractivity contribution in [2.45, 2.75) is 96.8 Å². The molecular formula is C27H41NO. The monoisotopic (exact) mass is 395 g/mol. The minimum absolute atomic E-state index is 0.824. The van der Waals surface area contributed by atoms with E-state index in [2.05, 4.69) is 42.2 Å². The first-order valence-electron chi connectivity index (χ1n) is 12.0. The van der Waals surface area contributed by atoms with E-state index in [0.717, 1.165) is 24.3 Å². The van der Waals surface area contributed by atoms with Crippen molar-refractivity contribution in [1.29, 1.82) is 0 Å². The van der Waals surface area contributed by atoms with E-state index < -0.39 is 0 Å². The molecule has 0 saturated heterocycles. The SMILES string of the molecule is CCCCCCCCCCCCCCCCOc1ccc(-c2cccnc2)cc1. The largest absolute Gasteiger partial charge is 0.494 e. The first kappa shape index (κ1) is 23.4. The number of nitrogens with zero attached hydrogens (tertiary/aromatic N) is 1. The van der Waals surface area contributed by atoms with E-state index in [9.17, 15) is 0 Å². The van der Waals surface area contributed by atoms with Gasteiger partial charge in [-0.25, -0.2) is 0 Å². The number of ether oxygens (including phenoxy) is 1. The van der Waals surface area contributed by atoms with E-state index in [0.29, 0.717) is 0 Å². The average molecular weight is 396 g/mol. The molecule has 2 heteroatoms. The van der Waals surface area contributed by atoms with Crippen LogP contribution >= 0.6 is 0 Å². The number of unbranched alkanes of at least 4 members (excludes halogenated alkanes) is 13. The Balaban J connectivity index is 1.39. The molecule has 0 aliphatic heterocycles. The first-order valence-corrected chi connectivity index (χ1v) is 12.0. The number of pyridine rings is 1. The predicted molar refractivity (Wildman–Crippen MR) is 125 cm³/mol. The summed E-state index contributed by atoms with van der Waals surface area (Å²) >= 11 is 0. The number of rotatable bonds is 17. The lowest BCUT2D eigenvalue weighted by atomic mass is 10.0. The van der Waals surface area contributed by atoms with Gasteiger partial charge in [0, 0.05) is 12.4 Å². The number of aromatic nitrogens is 1. The molecule has 2 rings (SSSR count). The standard InChI is InChI=1S/C27H41NO/c1-2-3-4-5-6-7-8-9-10-11-12-13-14-15-23-29-27-20-18-25(19-21-27)26-17-16-22-28-24-26/h16-22,24H,2-15,23H2,1H3. The number of hydrogen-bond donors (Lipinski definition) is 0. The second-order valence-corrected chi connectivity index (χ2v) is 8.21. The minimum atomic E-state index is 0.824. The van der Waals surface area contributed by atoms with E-state index in [4.69, 9.17) is 4.74 Å². The molecule has 2 nitrogen and oxygen atoms in total. The van der Waals surface area contributed by atoms with Gasteiger partial charge in [0.05, 0.1) is 6.61 Å². The van der Waals surface area contributed by atoms with Gasteiger partial charge in [-0.05, 0) is 35.7 Å². The van der Waals surface area contributed by atoms with Crippen molar-refractivity contribution in [2.24, 2.45) is 0 Å². The Bertz CT molecular complexity index is 608. The highest BCUT2D eigenvalue weighted by Gasteiger charge is 1.99. The fourth-order valence-electron chi connectivity index (χ4n) is 3.76. The summed E-state index contributed by atoms with van der Waals surface area (Å²) in [6.45, 7) is 3.11. The molecule has 2 aromatic rings. The summed E-state index contributed by atoms with van der Waals surface area (Å²) in [5.74, 6) is 0.965. The second-order valence-electron chi connectivity index (χ2n) is 8.21. The summed E-state index contributed by atoms with van der Waals surface area (Å²) in [5, 5.41) is 0. The van der Waals surface area contributed by atoms with Crippen LogP contribution in [-0.4, -0.2) is 11.6 Å². The van der Waals surface area contributed by atoms with E-state index in [-0.39, 0.29) is 0 Å². The van der Waals surface area contributed by atoms with Crippen LogP contribution in [0.15, 0.2) is 48.8 Å². The van der Waals surface area contributed by atoms with Crippen molar-refractivity contribution < 1.29 is 4.74 Å². The Kier molecular flexibility index (Phi) is 13.0. The van der Waals surface area contributed by atoms with Gasteiger partial charge in [-0.2, -0.15) is 0 Å². The molecule has 0 unspecified atom stereocenters. The van der Waals surface area contributed by atoms with Gasteiger partial charge >= 0.3 is 0 Å². The van der Waals surface area contributed by atoms with Crippen LogP contribution in [0.4, 0.5) is 0 Å². The topological polar surface area (TPSA) is 22.1 Å². The highest BCUT2D eigenvalue weighted by atomic mass is 16.5. The maximum absolute atomic E-state index is 5.89. The Morgan fingerprint density at radius 2 is 1.17 bits per heavy atom. The lowest BCUT2D eigenvalue weighted by Gasteiger charge is -2.07. The average Bonchev–Trinajstić information content (AvgIpc) is 2.77. The van der Waals surface area contributed by atoms with Gasteiger partial charge in [-0.15, -0.1) is 0 Å². The summed E-state index contributed by atoms with van der Waals surface area (Å²) in [4.78, 5) is 4.17. The molecule has 1 aromatic heterocycles. The quantitative estimate of drug-likeness (QED) is 0.250. The van der Waals surface area contributed by atoms with Crippen LogP contribution in [0.2, 0.25) is 0 Å². The Labute approximate surface area is 179 Å². The van der Waals surface area contributed by atoms with Gasteiger partial charge in [0.1, 0.15) is 5.75 Å². The Morgan fingerprint density at radius 3 is 1.69 bits per heavy atom. The van der Waals surface area contributed by atoms with Crippen LogP contribution in [0.25, 0.3) is 11.1 Å². The van der Waals surface area contributed by atoms with Crippen LogP contribution in [-0.2, 0) is 0 Å². The summed E-state index contributed by atoms with van der Waals surface area (Å²) < 4.78 is 5.89. The van der Waals surface area contributed by atoms with Gasteiger partial charge < -0.3 is 4.74 Å². The number of benzene rings is 1. The fraction of sp³-hybridized carbons (Fsp3) is 0.593. The third-order valence-electron chi connectivity index (χ3n) is 5.62. The molecule has 160 valence electrons.